The Hall–Kier alpha value is -1.94. The van der Waals surface area contributed by atoms with Crippen LogP contribution in [-0.2, 0) is 0 Å². The third kappa shape index (κ3) is 3.28. The van der Waals surface area contributed by atoms with Crippen molar-refractivity contribution in [2.45, 2.75) is 45.1 Å². The summed E-state index contributed by atoms with van der Waals surface area (Å²) in [5.41, 5.74) is 9.57. The lowest BCUT2D eigenvalue weighted by atomic mass is 10.0. The summed E-state index contributed by atoms with van der Waals surface area (Å²) in [5, 5.41) is 3.91. The van der Waals surface area contributed by atoms with E-state index in [1.165, 1.54) is 12.8 Å². The zero-order valence-electron chi connectivity index (χ0n) is 13.2. The van der Waals surface area contributed by atoms with E-state index in [1.54, 1.807) is 0 Å². The number of fused-ring (bicyclic) bond motifs is 1. The number of aryl methyl sites for hydroxylation is 1. The fourth-order valence-corrected chi connectivity index (χ4v) is 2.64. The molecule has 0 saturated heterocycles. The number of benzene rings is 1. The summed E-state index contributed by atoms with van der Waals surface area (Å²) in [6.07, 6.45) is 3.13. The Kier molecular flexibility index (Phi) is 4.12. The summed E-state index contributed by atoms with van der Waals surface area (Å²) >= 11 is 0. The minimum Gasteiger partial charge on any atom is -0.352 e. The van der Waals surface area contributed by atoms with E-state index < -0.39 is 0 Å². The number of amides is 1. The average Bonchev–Trinajstić information content (AvgIpc) is 3.30. The second kappa shape index (κ2) is 6.05. The van der Waals surface area contributed by atoms with Crippen LogP contribution in [0.5, 0.6) is 0 Å². The van der Waals surface area contributed by atoms with Crippen LogP contribution >= 0.6 is 0 Å². The van der Waals surface area contributed by atoms with E-state index in [9.17, 15) is 4.79 Å². The van der Waals surface area contributed by atoms with Crippen molar-refractivity contribution < 1.29 is 4.79 Å². The standard InChI is InChI=1S/C18H23N3O/c1-11-3-6-16-14(9-11)15(10-17(21-16)13-4-5-13)18(22)20-8-7-12(2)19/h3,6,9-10,12-13H,4-5,7-8,19H2,1-2H3,(H,20,22). The molecule has 22 heavy (non-hydrogen) atoms. The van der Waals surface area contributed by atoms with Crippen molar-refractivity contribution >= 4 is 16.8 Å². The second-order valence-electron chi connectivity index (χ2n) is 6.41. The van der Waals surface area contributed by atoms with Crippen LogP contribution in [0.15, 0.2) is 24.3 Å². The molecule has 0 spiro atoms. The normalized spacial score (nSPS) is 15.8. The van der Waals surface area contributed by atoms with E-state index in [4.69, 9.17) is 10.7 Å². The maximum Gasteiger partial charge on any atom is 0.252 e. The minimum absolute atomic E-state index is 0.0273. The first kappa shape index (κ1) is 15.0. The molecule has 1 aliphatic rings. The second-order valence-corrected chi connectivity index (χ2v) is 6.41. The highest BCUT2D eigenvalue weighted by Gasteiger charge is 2.26. The summed E-state index contributed by atoms with van der Waals surface area (Å²) in [6, 6.07) is 8.16. The first-order valence-corrected chi connectivity index (χ1v) is 7.99. The molecule has 116 valence electrons. The van der Waals surface area contributed by atoms with E-state index >= 15 is 0 Å². The SMILES string of the molecule is Cc1ccc2nc(C3CC3)cc(C(=O)NCCC(C)N)c2c1. The number of hydrogen-bond donors (Lipinski definition) is 2. The molecule has 1 atom stereocenters. The van der Waals surface area contributed by atoms with Crippen LogP contribution in [0.25, 0.3) is 10.9 Å². The van der Waals surface area contributed by atoms with Crippen LogP contribution in [0, 0.1) is 6.92 Å². The van der Waals surface area contributed by atoms with E-state index in [0.29, 0.717) is 12.5 Å². The molecule has 4 heteroatoms. The first-order chi connectivity index (χ1) is 10.5. The van der Waals surface area contributed by atoms with Gasteiger partial charge in [0.05, 0.1) is 11.1 Å². The Morgan fingerprint density at radius 2 is 2.18 bits per heavy atom. The maximum atomic E-state index is 12.6. The van der Waals surface area contributed by atoms with Gasteiger partial charge >= 0.3 is 0 Å². The van der Waals surface area contributed by atoms with Gasteiger partial charge in [-0.1, -0.05) is 11.6 Å². The van der Waals surface area contributed by atoms with Crippen molar-refractivity contribution in [3.05, 3.63) is 41.1 Å². The average molecular weight is 297 g/mol. The molecule has 0 bridgehead atoms. The molecule has 3 rings (SSSR count). The van der Waals surface area contributed by atoms with Crippen molar-refractivity contribution in [1.29, 1.82) is 0 Å². The zero-order valence-corrected chi connectivity index (χ0v) is 13.2. The number of aromatic nitrogens is 1. The lowest BCUT2D eigenvalue weighted by Gasteiger charge is -2.11. The van der Waals surface area contributed by atoms with Crippen molar-refractivity contribution in [3.8, 4) is 0 Å². The number of hydrogen-bond acceptors (Lipinski definition) is 3. The van der Waals surface area contributed by atoms with Crippen molar-refractivity contribution in [2.75, 3.05) is 6.54 Å². The highest BCUT2D eigenvalue weighted by molar-refractivity contribution is 6.06. The van der Waals surface area contributed by atoms with Gasteiger partial charge in [-0.05, 0) is 51.3 Å². The van der Waals surface area contributed by atoms with Gasteiger partial charge in [0.25, 0.3) is 5.91 Å². The number of rotatable bonds is 5. The van der Waals surface area contributed by atoms with Gasteiger partial charge in [0.1, 0.15) is 0 Å². The van der Waals surface area contributed by atoms with E-state index in [1.807, 2.05) is 38.1 Å². The molecular weight excluding hydrogens is 274 g/mol. The highest BCUT2D eigenvalue weighted by Crippen LogP contribution is 2.40. The Labute approximate surface area is 131 Å². The number of carbonyl (C=O) groups is 1. The highest BCUT2D eigenvalue weighted by atomic mass is 16.1. The molecule has 1 unspecified atom stereocenters. The smallest absolute Gasteiger partial charge is 0.252 e. The van der Waals surface area contributed by atoms with E-state index in [-0.39, 0.29) is 11.9 Å². The van der Waals surface area contributed by atoms with Crippen molar-refractivity contribution in [3.63, 3.8) is 0 Å². The number of carbonyl (C=O) groups excluding carboxylic acids is 1. The van der Waals surface area contributed by atoms with Gasteiger partial charge in [-0.2, -0.15) is 0 Å². The quantitative estimate of drug-likeness (QED) is 0.891. The predicted octanol–water partition coefficient (Wildman–Crippen LogP) is 2.89. The Balaban J connectivity index is 1.94. The monoisotopic (exact) mass is 297 g/mol. The molecule has 1 aromatic heterocycles. The molecule has 1 saturated carbocycles. The maximum absolute atomic E-state index is 12.6. The molecule has 1 aliphatic carbocycles. The van der Waals surface area contributed by atoms with Crippen molar-refractivity contribution in [1.82, 2.24) is 10.3 Å². The molecule has 4 nitrogen and oxygen atoms in total. The first-order valence-electron chi connectivity index (χ1n) is 7.99. The van der Waals surface area contributed by atoms with Gasteiger partial charge in [-0.3, -0.25) is 9.78 Å². The van der Waals surface area contributed by atoms with Crippen LogP contribution in [-0.4, -0.2) is 23.5 Å². The Bertz CT molecular complexity index is 705. The lowest BCUT2D eigenvalue weighted by molar-refractivity contribution is 0.0954. The molecule has 0 radical (unpaired) electrons. The third-order valence-electron chi connectivity index (χ3n) is 4.11. The lowest BCUT2D eigenvalue weighted by Crippen LogP contribution is -2.29. The summed E-state index contributed by atoms with van der Waals surface area (Å²) in [5.74, 6) is 0.502. The molecule has 3 N–H and O–H groups in total. The van der Waals surface area contributed by atoms with Gasteiger partial charge in [-0.15, -0.1) is 0 Å². The number of pyridine rings is 1. The van der Waals surface area contributed by atoms with Crippen LogP contribution in [0.3, 0.4) is 0 Å². The molecule has 1 fully saturated rings. The van der Waals surface area contributed by atoms with Gasteiger partial charge < -0.3 is 11.1 Å². The topological polar surface area (TPSA) is 68.0 Å². The Morgan fingerprint density at radius 3 is 2.86 bits per heavy atom. The largest absolute Gasteiger partial charge is 0.352 e. The van der Waals surface area contributed by atoms with Crippen LogP contribution in [0.1, 0.15) is 53.7 Å². The van der Waals surface area contributed by atoms with E-state index in [0.717, 1.165) is 34.1 Å². The van der Waals surface area contributed by atoms with Gasteiger partial charge in [-0.25, -0.2) is 0 Å². The summed E-state index contributed by atoms with van der Waals surface area (Å²) in [6.45, 7) is 4.58. The zero-order chi connectivity index (χ0) is 15.7. The fraction of sp³-hybridized carbons (Fsp3) is 0.444. The molecular formula is C18H23N3O. The predicted molar refractivity (Wildman–Crippen MR) is 89.1 cm³/mol. The van der Waals surface area contributed by atoms with Crippen LogP contribution in [0.4, 0.5) is 0 Å². The molecule has 1 amide bonds. The van der Waals surface area contributed by atoms with E-state index in [2.05, 4.69) is 5.32 Å². The minimum atomic E-state index is -0.0273. The molecule has 1 aromatic carbocycles. The third-order valence-corrected chi connectivity index (χ3v) is 4.11. The van der Waals surface area contributed by atoms with Crippen LogP contribution in [0.2, 0.25) is 0 Å². The molecule has 2 aromatic rings. The number of nitrogens with zero attached hydrogens (tertiary/aromatic N) is 1. The summed E-state index contributed by atoms with van der Waals surface area (Å²) < 4.78 is 0. The van der Waals surface area contributed by atoms with Gasteiger partial charge in [0, 0.05) is 29.6 Å². The number of nitrogens with one attached hydrogen (secondary N) is 1. The van der Waals surface area contributed by atoms with Crippen LogP contribution < -0.4 is 11.1 Å². The van der Waals surface area contributed by atoms with Gasteiger partial charge in [0.15, 0.2) is 0 Å². The van der Waals surface area contributed by atoms with Crippen molar-refractivity contribution in [2.24, 2.45) is 5.73 Å². The fourth-order valence-electron chi connectivity index (χ4n) is 2.64. The molecule has 0 aliphatic heterocycles. The summed E-state index contributed by atoms with van der Waals surface area (Å²) in [4.78, 5) is 17.3. The Morgan fingerprint density at radius 1 is 1.41 bits per heavy atom. The van der Waals surface area contributed by atoms with Gasteiger partial charge in [0.2, 0.25) is 0 Å². The number of nitrogens with two attached hydrogens (primary N) is 1. The molecule has 1 heterocycles. The summed E-state index contributed by atoms with van der Waals surface area (Å²) in [7, 11) is 0.